The van der Waals surface area contributed by atoms with Crippen LogP contribution in [0.5, 0.6) is 0 Å². The Morgan fingerprint density at radius 3 is 1.81 bits per heavy atom. The number of carbonyl (C=O) groups is 4. The van der Waals surface area contributed by atoms with Gasteiger partial charge in [-0.25, -0.2) is 10.2 Å². The van der Waals surface area contributed by atoms with Crippen molar-refractivity contribution in [1.29, 1.82) is 0 Å². The molecule has 10 N–H and O–H groups in total. The van der Waals surface area contributed by atoms with Crippen LogP contribution in [0.15, 0.2) is 54.6 Å². The van der Waals surface area contributed by atoms with Gasteiger partial charge in [0, 0.05) is 24.1 Å². The number of rotatable bonds is 13. The van der Waals surface area contributed by atoms with Crippen LogP contribution >= 0.6 is 0 Å². The summed E-state index contributed by atoms with van der Waals surface area (Å²) >= 11 is 0. The minimum Gasteiger partial charge on any atom is -0.399 e. The molecule has 11 nitrogen and oxygen atoms in total. The number of benzene rings is 2. The van der Waals surface area contributed by atoms with Crippen molar-refractivity contribution in [3.8, 4) is 0 Å². The van der Waals surface area contributed by atoms with Crippen LogP contribution in [0.2, 0.25) is 0 Å². The van der Waals surface area contributed by atoms with Crippen molar-refractivity contribution in [2.75, 3.05) is 12.3 Å². The van der Waals surface area contributed by atoms with Gasteiger partial charge >= 0.3 is 6.03 Å². The second kappa shape index (κ2) is 24.8. The Balaban J connectivity index is 0. The van der Waals surface area contributed by atoms with Gasteiger partial charge in [0.05, 0.1) is 18.7 Å². The lowest BCUT2D eigenvalue weighted by molar-refractivity contribution is -0.128. The molecular formula is C32H54N6O5. The highest BCUT2D eigenvalue weighted by Gasteiger charge is 2.20. The number of ketones is 2. The third kappa shape index (κ3) is 20.7. The van der Waals surface area contributed by atoms with E-state index in [2.05, 4.69) is 16.1 Å². The quantitative estimate of drug-likeness (QED) is 0.0783. The number of hydrazine groups is 1. The lowest BCUT2D eigenvalue weighted by atomic mass is 9.98. The van der Waals surface area contributed by atoms with E-state index in [1.54, 1.807) is 24.3 Å². The fraction of sp³-hybridized carbons (Fsp3) is 0.500. The molecule has 2 unspecified atom stereocenters. The van der Waals surface area contributed by atoms with Gasteiger partial charge in [0.1, 0.15) is 0 Å². The number of aliphatic hydroxyl groups is 1. The zero-order chi connectivity index (χ0) is 33.4. The maximum absolute atomic E-state index is 11.6. The summed E-state index contributed by atoms with van der Waals surface area (Å²) in [6.45, 7) is 13.3. The Morgan fingerprint density at radius 2 is 1.40 bits per heavy atom. The maximum atomic E-state index is 11.6. The number of nitrogens with one attached hydrogen (secondary N) is 3. The van der Waals surface area contributed by atoms with Crippen molar-refractivity contribution in [2.45, 2.75) is 86.4 Å². The zero-order valence-electron chi connectivity index (χ0n) is 26.9. The summed E-state index contributed by atoms with van der Waals surface area (Å²) in [6.07, 6.45) is 1.80. The Kier molecular flexibility index (Phi) is 23.8. The first-order valence-electron chi connectivity index (χ1n) is 14.6. The summed E-state index contributed by atoms with van der Waals surface area (Å²) < 4.78 is 0. The highest BCUT2D eigenvalue weighted by Crippen LogP contribution is 2.06. The monoisotopic (exact) mass is 602 g/mol. The second-order valence-corrected chi connectivity index (χ2v) is 10.1. The minimum atomic E-state index is -0.553. The molecule has 11 heteroatoms. The van der Waals surface area contributed by atoms with E-state index in [0.29, 0.717) is 25.8 Å². The number of aliphatic hydroxyl groups excluding tert-OH is 1. The van der Waals surface area contributed by atoms with E-state index in [9.17, 15) is 19.2 Å². The van der Waals surface area contributed by atoms with Crippen LogP contribution in [0.4, 0.5) is 10.5 Å². The molecule has 2 aromatic rings. The van der Waals surface area contributed by atoms with Gasteiger partial charge in [0.2, 0.25) is 5.91 Å². The van der Waals surface area contributed by atoms with Gasteiger partial charge in [0.25, 0.3) is 0 Å². The summed E-state index contributed by atoms with van der Waals surface area (Å²) in [5.41, 5.74) is 15.4. The van der Waals surface area contributed by atoms with Crippen LogP contribution in [0.25, 0.3) is 0 Å². The SMILES string of the molecule is CC.CC(=O)C(Cc1ccccc1)NC(=O)C(C)C.CC(C)C(=O)C(CCCNC(N)=O)NN.Nc1ccc(CO)cc1. The Hall–Kier alpha value is -3.80. The number of anilines is 1. The molecule has 2 atom stereocenters. The first-order chi connectivity index (χ1) is 20.3. The maximum Gasteiger partial charge on any atom is 0.312 e. The average Bonchev–Trinajstić information content (AvgIpc) is 2.99. The van der Waals surface area contributed by atoms with Crippen molar-refractivity contribution < 1.29 is 24.3 Å². The van der Waals surface area contributed by atoms with Crippen LogP contribution in [0.3, 0.4) is 0 Å². The van der Waals surface area contributed by atoms with Gasteiger partial charge < -0.3 is 27.2 Å². The standard InChI is InChI=1S/C14H19NO2.C9H20N4O2.C7H9NO.C2H6/c1-10(2)14(17)15-13(11(3)16)9-12-7-5-4-6-8-12;1-6(2)8(14)7(13-11)4-3-5-12-9(10)15;8-7-3-1-6(5-9)2-4-7;1-2/h4-8,10,13H,9H2,1-3H3,(H,15,17);6-7,13H,3-5,11H2,1-2H3,(H3,10,12,15);1-4,9H,5,8H2;1-2H3. The predicted molar refractivity (Wildman–Crippen MR) is 173 cm³/mol. The molecule has 0 aliphatic heterocycles. The molecule has 2 rings (SSSR count). The molecule has 0 radical (unpaired) electrons. The number of hydrogen-bond acceptors (Lipinski definition) is 8. The molecule has 0 bridgehead atoms. The largest absolute Gasteiger partial charge is 0.399 e. The fourth-order valence-corrected chi connectivity index (χ4v) is 3.34. The third-order valence-corrected chi connectivity index (χ3v) is 5.86. The van der Waals surface area contributed by atoms with E-state index in [4.69, 9.17) is 22.4 Å². The number of Topliss-reactive ketones (excluding diaryl/α,β-unsaturated/α-hetero) is 2. The molecule has 0 spiro atoms. The van der Waals surface area contributed by atoms with Crippen molar-refractivity contribution >= 4 is 29.2 Å². The second-order valence-electron chi connectivity index (χ2n) is 10.1. The molecule has 2 aromatic carbocycles. The molecular weight excluding hydrogens is 548 g/mol. The normalized spacial score (nSPS) is 11.3. The van der Waals surface area contributed by atoms with Gasteiger partial charge in [-0.3, -0.25) is 20.2 Å². The number of nitrogen functional groups attached to an aromatic ring is 1. The molecule has 0 heterocycles. The topological polar surface area (TPSA) is 203 Å². The summed E-state index contributed by atoms with van der Waals surface area (Å²) in [5, 5.41) is 13.8. The van der Waals surface area contributed by atoms with Crippen LogP contribution < -0.4 is 33.4 Å². The van der Waals surface area contributed by atoms with Crippen molar-refractivity contribution in [2.24, 2.45) is 23.4 Å². The first kappa shape index (κ1) is 41.3. The zero-order valence-corrected chi connectivity index (χ0v) is 26.9. The number of amides is 3. The van der Waals surface area contributed by atoms with E-state index >= 15 is 0 Å². The summed E-state index contributed by atoms with van der Waals surface area (Å²) in [4.78, 5) is 45.0. The van der Waals surface area contributed by atoms with Crippen LogP contribution in [0, 0.1) is 11.8 Å². The van der Waals surface area contributed by atoms with Gasteiger partial charge in [-0.1, -0.05) is 84.0 Å². The van der Waals surface area contributed by atoms with E-state index in [1.807, 2.05) is 71.9 Å². The number of primary amides is 1. The van der Waals surface area contributed by atoms with Crippen molar-refractivity contribution in [3.63, 3.8) is 0 Å². The molecule has 0 saturated heterocycles. The van der Waals surface area contributed by atoms with Crippen molar-refractivity contribution in [1.82, 2.24) is 16.1 Å². The fourth-order valence-electron chi connectivity index (χ4n) is 3.34. The van der Waals surface area contributed by atoms with Crippen LogP contribution in [-0.2, 0) is 27.4 Å². The molecule has 242 valence electrons. The van der Waals surface area contributed by atoms with Gasteiger partial charge in [-0.2, -0.15) is 0 Å². The molecule has 0 aromatic heterocycles. The summed E-state index contributed by atoms with van der Waals surface area (Å²) in [5.74, 6) is 5.11. The first-order valence-corrected chi connectivity index (χ1v) is 14.6. The van der Waals surface area contributed by atoms with E-state index in [-0.39, 0.29) is 42.0 Å². The van der Waals surface area contributed by atoms with Gasteiger partial charge in [-0.15, -0.1) is 0 Å². The lowest BCUT2D eigenvalue weighted by Gasteiger charge is -2.17. The van der Waals surface area contributed by atoms with Gasteiger partial charge in [0.15, 0.2) is 11.6 Å². The summed E-state index contributed by atoms with van der Waals surface area (Å²) in [6, 6.07) is 15.5. The molecule has 0 fully saturated rings. The predicted octanol–water partition coefficient (Wildman–Crippen LogP) is 3.24. The molecule has 0 aliphatic rings. The van der Waals surface area contributed by atoms with E-state index in [1.165, 1.54) is 6.92 Å². The average molecular weight is 603 g/mol. The Bertz CT molecular complexity index is 1050. The Labute approximate surface area is 257 Å². The third-order valence-electron chi connectivity index (χ3n) is 5.86. The minimum absolute atomic E-state index is 0.0112. The van der Waals surface area contributed by atoms with Crippen LogP contribution in [-0.4, -0.2) is 47.2 Å². The van der Waals surface area contributed by atoms with E-state index < -0.39 is 12.1 Å². The number of hydrogen-bond donors (Lipinski definition) is 7. The van der Waals surface area contributed by atoms with Gasteiger partial charge in [-0.05, 0) is 49.4 Å². The Morgan fingerprint density at radius 1 is 0.837 bits per heavy atom. The van der Waals surface area contributed by atoms with E-state index in [0.717, 1.165) is 16.8 Å². The smallest absolute Gasteiger partial charge is 0.312 e. The molecule has 0 aliphatic carbocycles. The number of nitrogens with two attached hydrogens (primary N) is 3. The highest BCUT2D eigenvalue weighted by molar-refractivity contribution is 5.88. The highest BCUT2D eigenvalue weighted by atomic mass is 16.3. The number of urea groups is 1. The lowest BCUT2D eigenvalue weighted by Crippen LogP contribution is -2.43. The summed E-state index contributed by atoms with van der Waals surface area (Å²) in [7, 11) is 0. The molecule has 43 heavy (non-hydrogen) atoms. The molecule has 0 saturated carbocycles. The van der Waals surface area contributed by atoms with Crippen molar-refractivity contribution in [3.05, 3.63) is 65.7 Å². The number of carbonyl (C=O) groups excluding carboxylic acids is 4. The molecule has 3 amide bonds. The van der Waals surface area contributed by atoms with Crippen LogP contribution in [0.1, 0.15) is 72.4 Å².